The minimum Gasteiger partial charge on any atom is -0.508 e. The van der Waals surface area contributed by atoms with Crippen LogP contribution in [0.3, 0.4) is 0 Å². The monoisotopic (exact) mass is 350 g/mol. The van der Waals surface area contributed by atoms with Crippen LogP contribution in [-0.4, -0.2) is 25.5 Å². The van der Waals surface area contributed by atoms with E-state index in [9.17, 15) is 25.5 Å². The molecule has 132 valence electrons. The summed E-state index contributed by atoms with van der Waals surface area (Å²) in [5, 5.41) is 49.7. The Morgan fingerprint density at radius 1 is 0.615 bits per heavy atom. The number of fused-ring (bicyclic) bond motifs is 1. The number of benzene rings is 3. The molecule has 5 nitrogen and oxygen atoms in total. The first-order chi connectivity index (χ1) is 12.4. The van der Waals surface area contributed by atoms with Gasteiger partial charge in [0, 0.05) is 23.6 Å². The zero-order valence-corrected chi connectivity index (χ0v) is 13.8. The van der Waals surface area contributed by atoms with Crippen molar-refractivity contribution in [3.63, 3.8) is 0 Å². The topological polar surface area (TPSA) is 101 Å². The Hall–Kier alpha value is -3.34. The Balaban J connectivity index is 1.91. The average Bonchev–Trinajstić information content (AvgIpc) is 2.94. The van der Waals surface area contributed by atoms with E-state index in [1.807, 2.05) is 12.1 Å². The lowest BCUT2D eigenvalue weighted by atomic mass is 9.81. The molecule has 1 unspecified atom stereocenters. The molecule has 2 atom stereocenters. The van der Waals surface area contributed by atoms with Crippen LogP contribution in [-0.2, 0) is 6.42 Å². The standard InChI is InChI=1S/C21H18O5/c22-14-3-1-11(2-4-14)18-8-13-7-17(25)10-19(26)21(13)20(18)12-5-15(23)9-16(24)6-12/h1-7,9-10,18,20,22-26H,8H2/t18?,20-/m0/s1. The fourth-order valence-electron chi connectivity index (χ4n) is 3.99. The molecule has 0 heterocycles. The third kappa shape index (κ3) is 2.67. The van der Waals surface area contributed by atoms with Crippen LogP contribution in [0.15, 0.2) is 54.6 Å². The molecule has 5 N–H and O–H groups in total. The Bertz CT molecular complexity index is 958. The number of phenols is 5. The van der Waals surface area contributed by atoms with Gasteiger partial charge in [0.25, 0.3) is 0 Å². The van der Waals surface area contributed by atoms with E-state index in [1.54, 1.807) is 30.3 Å². The van der Waals surface area contributed by atoms with Crippen LogP contribution in [0.2, 0.25) is 0 Å². The molecule has 0 aliphatic heterocycles. The second kappa shape index (κ2) is 5.88. The van der Waals surface area contributed by atoms with Crippen molar-refractivity contribution in [3.05, 3.63) is 76.9 Å². The first kappa shape index (κ1) is 16.1. The van der Waals surface area contributed by atoms with Gasteiger partial charge in [-0.05, 0) is 59.4 Å². The molecule has 0 bridgehead atoms. The van der Waals surface area contributed by atoms with Crippen LogP contribution in [0.4, 0.5) is 0 Å². The third-order valence-electron chi connectivity index (χ3n) is 4.99. The zero-order chi connectivity index (χ0) is 18.4. The molecule has 0 amide bonds. The molecule has 4 rings (SSSR count). The number of hydrogen-bond acceptors (Lipinski definition) is 5. The smallest absolute Gasteiger partial charge is 0.123 e. The second-order valence-corrected chi connectivity index (χ2v) is 6.70. The van der Waals surface area contributed by atoms with E-state index in [-0.39, 0.29) is 40.6 Å². The van der Waals surface area contributed by atoms with Crippen molar-refractivity contribution in [3.8, 4) is 28.7 Å². The Morgan fingerprint density at radius 2 is 1.23 bits per heavy atom. The summed E-state index contributed by atoms with van der Waals surface area (Å²) in [7, 11) is 0. The number of aromatic hydroxyl groups is 5. The lowest BCUT2D eigenvalue weighted by Gasteiger charge is -2.22. The van der Waals surface area contributed by atoms with Crippen LogP contribution < -0.4 is 0 Å². The molecule has 0 aromatic heterocycles. The lowest BCUT2D eigenvalue weighted by Crippen LogP contribution is -2.08. The van der Waals surface area contributed by atoms with Crippen molar-refractivity contribution in [2.24, 2.45) is 0 Å². The Labute approximate surface area is 150 Å². The van der Waals surface area contributed by atoms with E-state index >= 15 is 0 Å². The largest absolute Gasteiger partial charge is 0.508 e. The molecule has 0 radical (unpaired) electrons. The molecular weight excluding hydrogens is 332 g/mol. The average molecular weight is 350 g/mol. The zero-order valence-electron chi connectivity index (χ0n) is 13.8. The van der Waals surface area contributed by atoms with Crippen molar-refractivity contribution >= 4 is 0 Å². The SMILES string of the molecule is Oc1ccc(C2Cc3cc(O)cc(O)c3[C@H]2c2cc(O)cc(O)c2)cc1. The van der Waals surface area contributed by atoms with Gasteiger partial charge in [-0.25, -0.2) is 0 Å². The molecule has 0 saturated heterocycles. The predicted octanol–water partition coefficient (Wildman–Crippen LogP) is 3.69. The van der Waals surface area contributed by atoms with Crippen LogP contribution in [0.5, 0.6) is 28.7 Å². The molecule has 0 saturated carbocycles. The van der Waals surface area contributed by atoms with Gasteiger partial charge < -0.3 is 25.5 Å². The summed E-state index contributed by atoms with van der Waals surface area (Å²) in [6, 6.07) is 14.2. The Morgan fingerprint density at radius 3 is 1.88 bits per heavy atom. The van der Waals surface area contributed by atoms with Gasteiger partial charge in [-0.15, -0.1) is 0 Å². The lowest BCUT2D eigenvalue weighted by molar-refractivity contribution is 0.440. The minimum absolute atomic E-state index is 0.00916. The number of hydrogen-bond donors (Lipinski definition) is 5. The quantitative estimate of drug-likeness (QED) is 0.485. The fourth-order valence-corrected chi connectivity index (χ4v) is 3.99. The molecule has 5 heteroatoms. The van der Waals surface area contributed by atoms with Gasteiger partial charge in [0.1, 0.15) is 28.7 Å². The highest BCUT2D eigenvalue weighted by Crippen LogP contribution is 2.52. The van der Waals surface area contributed by atoms with Crippen molar-refractivity contribution in [1.82, 2.24) is 0 Å². The van der Waals surface area contributed by atoms with Gasteiger partial charge in [-0.2, -0.15) is 0 Å². The highest BCUT2D eigenvalue weighted by Gasteiger charge is 2.37. The summed E-state index contributed by atoms with van der Waals surface area (Å²) < 4.78 is 0. The van der Waals surface area contributed by atoms with E-state index in [0.717, 1.165) is 11.1 Å². The first-order valence-corrected chi connectivity index (χ1v) is 8.29. The van der Waals surface area contributed by atoms with E-state index in [2.05, 4.69) is 0 Å². The molecule has 26 heavy (non-hydrogen) atoms. The fraction of sp³-hybridized carbons (Fsp3) is 0.143. The van der Waals surface area contributed by atoms with Gasteiger partial charge in [-0.3, -0.25) is 0 Å². The third-order valence-corrected chi connectivity index (χ3v) is 4.99. The van der Waals surface area contributed by atoms with E-state index in [0.29, 0.717) is 17.5 Å². The summed E-state index contributed by atoms with van der Waals surface area (Å²) in [6.45, 7) is 0. The maximum Gasteiger partial charge on any atom is 0.123 e. The maximum absolute atomic E-state index is 10.5. The summed E-state index contributed by atoms with van der Waals surface area (Å²) in [5.41, 5.74) is 3.10. The van der Waals surface area contributed by atoms with Gasteiger partial charge in [0.15, 0.2) is 0 Å². The molecular formula is C21H18O5. The van der Waals surface area contributed by atoms with Crippen molar-refractivity contribution in [1.29, 1.82) is 0 Å². The normalized spacial score (nSPS) is 18.6. The number of phenolic OH excluding ortho intramolecular Hbond substituents is 5. The Kier molecular flexibility index (Phi) is 3.65. The van der Waals surface area contributed by atoms with Crippen LogP contribution in [0.1, 0.15) is 34.1 Å². The van der Waals surface area contributed by atoms with Gasteiger partial charge in [0.2, 0.25) is 0 Å². The molecule has 0 fully saturated rings. The summed E-state index contributed by atoms with van der Waals surface area (Å²) in [6.07, 6.45) is 0.573. The van der Waals surface area contributed by atoms with E-state index in [1.165, 1.54) is 12.1 Å². The highest BCUT2D eigenvalue weighted by atomic mass is 16.3. The summed E-state index contributed by atoms with van der Waals surface area (Å²) >= 11 is 0. The molecule has 1 aliphatic rings. The van der Waals surface area contributed by atoms with Crippen molar-refractivity contribution in [2.45, 2.75) is 18.3 Å². The van der Waals surface area contributed by atoms with Crippen LogP contribution >= 0.6 is 0 Å². The van der Waals surface area contributed by atoms with Crippen LogP contribution in [0, 0.1) is 0 Å². The van der Waals surface area contributed by atoms with Crippen molar-refractivity contribution in [2.75, 3.05) is 0 Å². The van der Waals surface area contributed by atoms with E-state index in [4.69, 9.17) is 0 Å². The molecule has 3 aromatic rings. The molecule has 3 aromatic carbocycles. The van der Waals surface area contributed by atoms with Gasteiger partial charge >= 0.3 is 0 Å². The molecule has 1 aliphatic carbocycles. The van der Waals surface area contributed by atoms with E-state index < -0.39 is 0 Å². The van der Waals surface area contributed by atoms with Gasteiger partial charge in [-0.1, -0.05) is 12.1 Å². The maximum atomic E-state index is 10.5. The minimum atomic E-state index is -0.312. The highest BCUT2D eigenvalue weighted by molar-refractivity contribution is 5.58. The number of rotatable bonds is 2. The molecule has 0 spiro atoms. The summed E-state index contributed by atoms with van der Waals surface area (Å²) in [5.74, 6) is -0.379. The first-order valence-electron chi connectivity index (χ1n) is 8.29. The van der Waals surface area contributed by atoms with Crippen molar-refractivity contribution < 1.29 is 25.5 Å². The second-order valence-electron chi connectivity index (χ2n) is 6.70. The predicted molar refractivity (Wildman–Crippen MR) is 95.9 cm³/mol. The summed E-state index contributed by atoms with van der Waals surface area (Å²) in [4.78, 5) is 0. The van der Waals surface area contributed by atoms with Gasteiger partial charge in [0.05, 0.1) is 0 Å². The van der Waals surface area contributed by atoms with Crippen LogP contribution in [0.25, 0.3) is 0 Å².